The smallest absolute Gasteiger partial charge is 0.350 e. The Morgan fingerprint density at radius 1 is 1.35 bits per heavy atom. The molecule has 0 aliphatic heterocycles. The summed E-state index contributed by atoms with van der Waals surface area (Å²) in [5.74, 6) is -0.241. The molecule has 1 N–H and O–H groups in total. The van der Waals surface area contributed by atoms with Gasteiger partial charge in [-0.1, -0.05) is 11.3 Å². The highest BCUT2D eigenvalue weighted by Gasteiger charge is 2.21. The summed E-state index contributed by atoms with van der Waals surface area (Å²) in [6.07, 6.45) is 1.36. The van der Waals surface area contributed by atoms with Crippen LogP contribution in [0.25, 0.3) is 0 Å². The number of carbonyl (C=O) groups is 1. The Labute approximate surface area is 152 Å². The van der Waals surface area contributed by atoms with Gasteiger partial charge in [0.2, 0.25) is 10.9 Å². The topological polar surface area (TPSA) is 125 Å². The van der Waals surface area contributed by atoms with E-state index in [1.807, 2.05) is 0 Å². The average molecular weight is 380 g/mol. The number of hydrazone groups is 1. The van der Waals surface area contributed by atoms with E-state index in [0.717, 1.165) is 11.3 Å². The third kappa shape index (κ3) is 4.06. The Balaban J connectivity index is 2.24. The molecule has 1 aromatic carbocycles. The lowest BCUT2D eigenvalue weighted by Crippen LogP contribution is -1.99. The predicted octanol–water partition coefficient (Wildman–Crippen LogP) is 2.61. The molecule has 2 rings (SSSR count). The molecule has 2 aromatic rings. The summed E-state index contributed by atoms with van der Waals surface area (Å²) >= 11 is 1.09. The summed E-state index contributed by atoms with van der Waals surface area (Å²) < 4.78 is 14.8. The van der Waals surface area contributed by atoms with Crippen molar-refractivity contribution in [1.82, 2.24) is 4.98 Å². The summed E-state index contributed by atoms with van der Waals surface area (Å²) in [6.45, 7) is 1.68. The predicted molar refractivity (Wildman–Crippen MR) is 95.6 cm³/mol. The summed E-state index contributed by atoms with van der Waals surface area (Å²) in [4.78, 5) is 26.7. The zero-order valence-corrected chi connectivity index (χ0v) is 15.2. The average Bonchev–Trinajstić information content (AvgIpc) is 3.00. The molecule has 0 unspecified atom stereocenters. The molecular weight excluding hydrogens is 364 g/mol. The van der Waals surface area contributed by atoms with Gasteiger partial charge in [-0.05, 0) is 13.0 Å². The second-order valence-electron chi connectivity index (χ2n) is 4.83. The highest BCUT2D eigenvalue weighted by molar-refractivity contribution is 7.17. The minimum absolute atomic E-state index is 0.0286. The van der Waals surface area contributed by atoms with E-state index in [1.54, 1.807) is 13.0 Å². The van der Waals surface area contributed by atoms with Crippen LogP contribution in [0.2, 0.25) is 0 Å². The van der Waals surface area contributed by atoms with Crippen molar-refractivity contribution in [3.8, 4) is 11.5 Å². The van der Waals surface area contributed by atoms with Crippen molar-refractivity contribution in [2.24, 2.45) is 5.10 Å². The highest BCUT2D eigenvalue weighted by atomic mass is 32.1. The summed E-state index contributed by atoms with van der Waals surface area (Å²) in [7, 11) is 3.99. The van der Waals surface area contributed by atoms with Crippen molar-refractivity contribution in [1.29, 1.82) is 0 Å². The number of benzene rings is 1. The number of thiazole rings is 1. The molecule has 0 fully saturated rings. The zero-order chi connectivity index (χ0) is 19.3. The van der Waals surface area contributed by atoms with Gasteiger partial charge < -0.3 is 14.2 Å². The number of anilines is 1. The quantitative estimate of drug-likeness (QED) is 0.336. The molecule has 0 aliphatic carbocycles. The number of nitrogens with zero attached hydrogens (tertiary/aromatic N) is 3. The maximum absolute atomic E-state index is 11.6. The molecule has 11 heteroatoms. The molecule has 10 nitrogen and oxygen atoms in total. The largest absolute Gasteiger partial charge is 0.493 e. The molecule has 0 saturated carbocycles. The first-order chi connectivity index (χ1) is 12.4. The highest BCUT2D eigenvalue weighted by Crippen LogP contribution is 2.37. The van der Waals surface area contributed by atoms with Gasteiger partial charge in [-0.2, -0.15) is 5.10 Å². The van der Waals surface area contributed by atoms with Crippen molar-refractivity contribution >= 4 is 34.3 Å². The van der Waals surface area contributed by atoms with E-state index in [4.69, 9.17) is 9.47 Å². The van der Waals surface area contributed by atoms with Gasteiger partial charge in [0.25, 0.3) is 0 Å². The first-order valence-corrected chi connectivity index (χ1v) is 7.98. The fraction of sp³-hybridized carbons (Fsp3) is 0.267. The number of esters is 1. The van der Waals surface area contributed by atoms with Gasteiger partial charge in [-0.25, -0.2) is 9.78 Å². The second-order valence-corrected chi connectivity index (χ2v) is 5.83. The first kappa shape index (κ1) is 19.1. The number of ether oxygens (including phenoxy) is 3. The number of nitrogens with one attached hydrogen (secondary N) is 1. The van der Waals surface area contributed by atoms with Crippen LogP contribution in [0.3, 0.4) is 0 Å². The molecule has 1 aromatic heterocycles. The summed E-state index contributed by atoms with van der Waals surface area (Å²) in [5, 5.41) is 15.6. The molecule has 0 atom stereocenters. The molecule has 0 bridgehead atoms. The van der Waals surface area contributed by atoms with Crippen LogP contribution in [0.4, 0.5) is 10.8 Å². The monoisotopic (exact) mass is 380 g/mol. The third-order valence-electron chi connectivity index (χ3n) is 3.22. The van der Waals surface area contributed by atoms with Crippen molar-refractivity contribution in [2.75, 3.05) is 26.8 Å². The molecule has 0 aliphatic rings. The number of rotatable bonds is 7. The Kier molecular flexibility index (Phi) is 6.07. The van der Waals surface area contributed by atoms with Crippen LogP contribution in [0.1, 0.15) is 20.9 Å². The fourth-order valence-electron chi connectivity index (χ4n) is 2.06. The van der Waals surface area contributed by atoms with Crippen LogP contribution in [-0.4, -0.2) is 43.4 Å². The van der Waals surface area contributed by atoms with Gasteiger partial charge in [-0.15, -0.1) is 0 Å². The van der Waals surface area contributed by atoms with E-state index in [2.05, 4.69) is 20.2 Å². The number of aryl methyl sites for hydroxylation is 1. The van der Waals surface area contributed by atoms with Crippen LogP contribution >= 0.6 is 11.3 Å². The maximum Gasteiger partial charge on any atom is 0.350 e. The van der Waals surface area contributed by atoms with Gasteiger partial charge >= 0.3 is 11.7 Å². The van der Waals surface area contributed by atoms with Gasteiger partial charge in [-0.3, -0.25) is 15.5 Å². The SMILES string of the molecule is COC(=O)c1sc(N/N=C\c2cc(OC)c(OC)c([N+](=O)[O-])c2)nc1C. The third-order valence-corrected chi connectivity index (χ3v) is 4.26. The Hall–Kier alpha value is -3.21. The molecule has 1 heterocycles. The van der Waals surface area contributed by atoms with E-state index in [1.165, 1.54) is 33.6 Å². The minimum atomic E-state index is -0.570. The first-order valence-electron chi connectivity index (χ1n) is 7.16. The molecule has 0 radical (unpaired) electrons. The van der Waals surface area contributed by atoms with Gasteiger partial charge in [0.05, 0.1) is 38.2 Å². The molecule has 0 amide bonds. The number of hydrogen-bond donors (Lipinski definition) is 1. The lowest BCUT2D eigenvalue weighted by atomic mass is 10.2. The summed E-state index contributed by atoms with van der Waals surface area (Å²) in [5.41, 5.74) is 3.37. The molecule has 0 spiro atoms. The molecule has 138 valence electrons. The van der Waals surface area contributed by atoms with Crippen LogP contribution in [-0.2, 0) is 4.74 Å². The van der Waals surface area contributed by atoms with Crippen LogP contribution in [0.5, 0.6) is 11.5 Å². The number of hydrogen-bond acceptors (Lipinski definition) is 10. The number of methoxy groups -OCH3 is 3. The second kappa shape index (κ2) is 8.25. The lowest BCUT2D eigenvalue weighted by Gasteiger charge is -2.08. The van der Waals surface area contributed by atoms with Crippen molar-refractivity contribution < 1.29 is 23.9 Å². The minimum Gasteiger partial charge on any atom is -0.493 e. The zero-order valence-electron chi connectivity index (χ0n) is 14.4. The number of nitro benzene ring substituents is 1. The Bertz CT molecular complexity index is 864. The van der Waals surface area contributed by atoms with Crippen molar-refractivity contribution in [2.45, 2.75) is 6.92 Å². The van der Waals surface area contributed by atoms with Gasteiger partial charge in [0.1, 0.15) is 4.88 Å². The molecule has 0 saturated heterocycles. The van der Waals surface area contributed by atoms with Crippen LogP contribution in [0, 0.1) is 17.0 Å². The van der Waals surface area contributed by atoms with Crippen molar-refractivity contribution in [3.05, 3.63) is 38.4 Å². The van der Waals surface area contributed by atoms with Crippen molar-refractivity contribution in [3.63, 3.8) is 0 Å². The maximum atomic E-state index is 11.6. The van der Waals surface area contributed by atoms with Gasteiger partial charge in [0.15, 0.2) is 5.75 Å². The van der Waals surface area contributed by atoms with Gasteiger partial charge in [0, 0.05) is 11.6 Å². The Morgan fingerprint density at radius 2 is 2.08 bits per heavy atom. The lowest BCUT2D eigenvalue weighted by molar-refractivity contribution is -0.385. The van der Waals surface area contributed by atoms with E-state index >= 15 is 0 Å². The van der Waals surface area contributed by atoms with E-state index in [-0.39, 0.29) is 17.2 Å². The summed E-state index contributed by atoms with van der Waals surface area (Å²) in [6, 6.07) is 2.85. The molecular formula is C15H16N4O6S. The van der Waals surface area contributed by atoms with E-state index in [0.29, 0.717) is 21.3 Å². The normalized spacial score (nSPS) is 10.6. The fourth-order valence-corrected chi connectivity index (χ4v) is 2.90. The number of carbonyl (C=O) groups excluding carboxylic acids is 1. The van der Waals surface area contributed by atoms with Crippen LogP contribution in [0.15, 0.2) is 17.2 Å². The molecule has 26 heavy (non-hydrogen) atoms. The Morgan fingerprint density at radius 3 is 2.65 bits per heavy atom. The van der Waals surface area contributed by atoms with Crippen LogP contribution < -0.4 is 14.9 Å². The number of aromatic nitrogens is 1. The number of nitro groups is 1. The standard InChI is InChI=1S/C15H16N4O6S/c1-8-13(14(20)25-4)26-15(17-8)18-16-7-9-5-10(19(21)22)12(24-3)11(6-9)23-2/h5-7H,1-4H3,(H,17,18)/b16-7-. The van der Waals surface area contributed by atoms with E-state index in [9.17, 15) is 14.9 Å². The van der Waals surface area contributed by atoms with E-state index < -0.39 is 10.9 Å².